The number of hydrogen-bond acceptors (Lipinski definition) is 3. The third-order valence-corrected chi connectivity index (χ3v) is 3.45. The zero-order valence-corrected chi connectivity index (χ0v) is 11.4. The van der Waals surface area contributed by atoms with E-state index in [0.717, 1.165) is 24.4 Å². The number of hydrogen-bond donors (Lipinski definition) is 0. The van der Waals surface area contributed by atoms with Crippen molar-refractivity contribution in [3.8, 4) is 0 Å². The van der Waals surface area contributed by atoms with Gasteiger partial charge in [0.15, 0.2) is 0 Å². The van der Waals surface area contributed by atoms with E-state index in [1.165, 1.54) is 5.69 Å². The number of ether oxygens (including phenoxy) is 1. The third kappa shape index (κ3) is 2.72. The second-order valence-corrected chi connectivity index (χ2v) is 5.00. The molecule has 0 amide bonds. The predicted octanol–water partition coefficient (Wildman–Crippen LogP) is 2.74. The van der Waals surface area contributed by atoms with E-state index in [1.54, 1.807) is 0 Å². The number of pyridine rings is 1. The summed E-state index contributed by atoms with van der Waals surface area (Å²) in [5, 5.41) is 0. The number of aromatic nitrogens is 1. The van der Waals surface area contributed by atoms with Crippen LogP contribution in [0.3, 0.4) is 0 Å². The maximum absolute atomic E-state index is 5.99. The standard InChI is InChI=1S/C13H19ClN2O/c1-9-4-13(12(5-14)6-15-9)16-7-11(3)17-8-10(16)2/h4,6,10-11H,5,7-8H2,1-3H3. The fourth-order valence-corrected chi connectivity index (χ4v) is 2.39. The smallest absolute Gasteiger partial charge is 0.0723 e. The van der Waals surface area contributed by atoms with Crippen LogP contribution in [0.25, 0.3) is 0 Å². The summed E-state index contributed by atoms with van der Waals surface area (Å²) >= 11 is 5.99. The van der Waals surface area contributed by atoms with Crippen molar-refractivity contribution in [3.05, 3.63) is 23.5 Å². The highest BCUT2D eigenvalue weighted by molar-refractivity contribution is 6.17. The van der Waals surface area contributed by atoms with Crippen molar-refractivity contribution >= 4 is 17.3 Å². The van der Waals surface area contributed by atoms with Gasteiger partial charge in [-0.1, -0.05) is 0 Å². The molecular formula is C13H19ClN2O. The summed E-state index contributed by atoms with van der Waals surface area (Å²) in [4.78, 5) is 6.68. The van der Waals surface area contributed by atoms with Crippen LogP contribution in [0.5, 0.6) is 0 Å². The molecule has 2 atom stereocenters. The summed E-state index contributed by atoms with van der Waals surface area (Å²) in [6.07, 6.45) is 2.15. The lowest BCUT2D eigenvalue weighted by Gasteiger charge is -2.39. The van der Waals surface area contributed by atoms with Crippen LogP contribution in [0.4, 0.5) is 5.69 Å². The monoisotopic (exact) mass is 254 g/mol. The van der Waals surface area contributed by atoms with E-state index < -0.39 is 0 Å². The third-order valence-electron chi connectivity index (χ3n) is 3.16. The number of morpholine rings is 1. The van der Waals surface area contributed by atoms with Gasteiger partial charge in [-0.05, 0) is 26.8 Å². The van der Waals surface area contributed by atoms with Gasteiger partial charge in [0.25, 0.3) is 0 Å². The Labute approximate surface area is 108 Å². The molecule has 17 heavy (non-hydrogen) atoms. The minimum absolute atomic E-state index is 0.267. The first-order valence-electron chi connectivity index (χ1n) is 6.01. The minimum Gasteiger partial charge on any atom is -0.375 e. The van der Waals surface area contributed by atoms with Crippen LogP contribution < -0.4 is 4.90 Å². The Morgan fingerprint density at radius 2 is 2.29 bits per heavy atom. The van der Waals surface area contributed by atoms with Crippen LogP contribution in [0.15, 0.2) is 12.3 Å². The molecule has 1 saturated heterocycles. The number of nitrogens with zero attached hydrogens (tertiary/aromatic N) is 2. The molecule has 94 valence electrons. The van der Waals surface area contributed by atoms with Gasteiger partial charge >= 0.3 is 0 Å². The number of halogens is 1. The lowest BCUT2D eigenvalue weighted by molar-refractivity contribution is 0.0343. The van der Waals surface area contributed by atoms with Gasteiger partial charge in [0, 0.05) is 35.7 Å². The highest BCUT2D eigenvalue weighted by atomic mass is 35.5. The molecule has 0 radical (unpaired) electrons. The number of aryl methyl sites for hydroxylation is 1. The van der Waals surface area contributed by atoms with Crippen LogP contribution in [0.1, 0.15) is 25.1 Å². The molecule has 1 aromatic rings. The largest absolute Gasteiger partial charge is 0.375 e. The van der Waals surface area contributed by atoms with Crippen molar-refractivity contribution < 1.29 is 4.74 Å². The van der Waals surface area contributed by atoms with E-state index in [4.69, 9.17) is 16.3 Å². The lowest BCUT2D eigenvalue weighted by atomic mass is 10.1. The SMILES string of the molecule is Cc1cc(N2CC(C)OCC2C)c(CCl)cn1. The van der Waals surface area contributed by atoms with Crippen LogP contribution in [-0.4, -0.2) is 30.3 Å². The summed E-state index contributed by atoms with van der Waals surface area (Å²) in [6, 6.07) is 2.50. The summed E-state index contributed by atoms with van der Waals surface area (Å²) in [6.45, 7) is 7.97. The van der Waals surface area contributed by atoms with Gasteiger partial charge in [-0.15, -0.1) is 11.6 Å². The molecule has 0 bridgehead atoms. The maximum Gasteiger partial charge on any atom is 0.0723 e. The molecule has 0 saturated carbocycles. The molecule has 0 aliphatic carbocycles. The van der Waals surface area contributed by atoms with E-state index in [-0.39, 0.29) is 6.10 Å². The van der Waals surface area contributed by atoms with Crippen LogP contribution in [0, 0.1) is 6.92 Å². The zero-order valence-electron chi connectivity index (χ0n) is 10.6. The Morgan fingerprint density at radius 1 is 1.53 bits per heavy atom. The predicted molar refractivity (Wildman–Crippen MR) is 70.8 cm³/mol. The first kappa shape index (κ1) is 12.7. The van der Waals surface area contributed by atoms with E-state index in [1.807, 2.05) is 13.1 Å². The average molecular weight is 255 g/mol. The summed E-state index contributed by atoms with van der Waals surface area (Å²) in [7, 11) is 0. The van der Waals surface area contributed by atoms with Gasteiger partial charge in [0.2, 0.25) is 0 Å². The highest BCUT2D eigenvalue weighted by Gasteiger charge is 2.25. The molecule has 1 aliphatic heterocycles. The van der Waals surface area contributed by atoms with Crippen molar-refractivity contribution in [2.24, 2.45) is 0 Å². The number of alkyl halides is 1. The zero-order chi connectivity index (χ0) is 12.4. The summed E-state index contributed by atoms with van der Waals surface area (Å²) in [5.41, 5.74) is 3.33. The van der Waals surface area contributed by atoms with Crippen LogP contribution in [0.2, 0.25) is 0 Å². The summed E-state index contributed by atoms with van der Waals surface area (Å²) in [5.74, 6) is 0.501. The van der Waals surface area contributed by atoms with Crippen LogP contribution in [-0.2, 0) is 10.6 Å². The fraction of sp³-hybridized carbons (Fsp3) is 0.615. The number of anilines is 1. The number of rotatable bonds is 2. The Balaban J connectivity index is 2.33. The molecule has 1 aromatic heterocycles. The van der Waals surface area contributed by atoms with Gasteiger partial charge in [-0.2, -0.15) is 0 Å². The first-order valence-corrected chi connectivity index (χ1v) is 6.55. The molecule has 2 heterocycles. The van der Waals surface area contributed by atoms with Gasteiger partial charge in [-0.3, -0.25) is 4.98 Å². The molecule has 2 rings (SSSR count). The molecule has 1 aliphatic rings. The normalized spacial score (nSPS) is 25.1. The Bertz CT molecular complexity index is 397. The molecule has 1 fully saturated rings. The van der Waals surface area contributed by atoms with Crippen molar-refractivity contribution in [2.75, 3.05) is 18.1 Å². The molecule has 3 nitrogen and oxygen atoms in total. The Morgan fingerprint density at radius 3 is 3.00 bits per heavy atom. The first-order chi connectivity index (χ1) is 8.11. The highest BCUT2D eigenvalue weighted by Crippen LogP contribution is 2.27. The van der Waals surface area contributed by atoms with Crippen molar-refractivity contribution in [3.63, 3.8) is 0 Å². The molecule has 0 N–H and O–H groups in total. The fourth-order valence-electron chi connectivity index (χ4n) is 2.18. The van der Waals surface area contributed by atoms with Crippen LogP contribution >= 0.6 is 11.6 Å². The molecule has 2 unspecified atom stereocenters. The topological polar surface area (TPSA) is 25.4 Å². The lowest BCUT2D eigenvalue weighted by Crippen LogP contribution is -2.47. The summed E-state index contributed by atoms with van der Waals surface area (Å²) < 4.78 is 5.66. The van der Waals surface area contributed by atoms with Gasteiger partial charge in [-0.25, -0.2) is 0 Å². The van der Waals surface area contributed by atoms with Gasteiger partial charge < -0.3 is 9.64 Å². The molecular weight excluding hydrogens is 236 g/mol. The minimum atomic E-state index is 0.267. The van der Waals surface area contributed by atoms with Crippen molar-refractivity contribution in [2.45, 2.75) is 38.8 Å². The van der Waals surface area contributed by atoms with E-state index in [2.05, 4.69) is 29.8 Å². The molecule has 0 aromatic carbocycles. The van der Waals surface area contributed by atoms with E-state index in [0.29, 0.717) is 11.9 Å². The van der Waals surface area contributed by atoms with E-state index >= 15 is 0 Å². The van der Waals surface area contributed by atoms with Crippen molar-refractivity contribution in [1.82, 2.24) is 4.98 Å². The second-order valence-electron chi connectivity index (χ2n) is 4.73. The van der Waals surface area contributed by atoms with Gasteiger partial charge in [0.05, 0.1) is 18.6 Å². The maximum atomic E-state index is 5.99. The Kier molecular flexibility index (Phi) is 3.89. The quantitative estimate of drug-likeness (QED) is 0.759. The molecule has 4 heteroatoms. The second kappa shape index (κ2) is 5.23. The van der Waals surface area contributed by atoms with E-state index in [9.17, 15) is 0 Å². The van der Waals surface area contributed by atoms with Crippen molar-refractivity contribution in [1.29, 1.82) is 0 Å². The molecule has 0 spiro atoms. The van der Waals surface area contributed by atoms with Gasteiger partial charge in [0.1, 0.15) is 0 Å². The Hall–Kier alpha value is -0.800. The average Bonchev–Trinajstić information content (AvgIpc) is 2.32.